The van der Waals surface area contributed by atoms with Crippen molar-refractivity contribution in [2.75, 3.05) is 5.32 Å². The summed E-state index contributed by atoms with van der Waals surface area (Å²) in [5.74, 6) is -4.75. The molecular weight excluding hydrogens is 487 g/mol. The lowest BCUT2D eigenvalue weighted by molar-refractivity contribution is -0.00583. The van der Waals surface area contributed by atoms with Crippen LogP contribution < -0.4 is 5.32 Å². The molecule has 1 amide bonds. The molecule has 0 spiro atoms. The lowest BCUT2D eigenvalue weighted by Gasteiger charge is -2.41. The molecule has 1 heterocycles. The molecule has 3 N–H and O–H groups in total. The Labute approximate surface area is 203 Å². The second kappa shape index (κ2) is 9.48. The van der Waals surface area contributed by atoms with Crippen molar-refractivity contribution in [3.05, 3.63) is 88.7 Å². The number of halogens is 4. The van der Waals surface area contributed by atoms with Crippen LogP contribution in [-0.2, 0) is 5.60 Å². The number of H-pyrrole nitrogens is 1. The SMILES string of the molecule is C=C1C[C@H](Sc2cc(C(=O)Nc3cc(F)c(F)c(F)c3)ccc2Cl)CC(C)[C@]1(O)c1ncc[nH]1. The van der Waals surface area contributed by atoms with Gasteiger partial charge in [0.15, 0.2) is 17.5 Å². The van der Waals surface area contributed by atoms with E-state index in [9.17, 15) is 23.1 Å². The third kappa shape index (κ3) is 4.60. The van der Waals surface area contributed by atoms with E-state index in [4.69, 9.17) is 11.6 Å². The van der Waals surface area contributed by atoms with Gasteiger partial charge in [-0.1, -0.05) is 25.1 Å². The highest BCUT2D eigenvalue weighted by Gasteiger charge is 2.46. The Kier molecular flexibility index (Phi) is 6.80. The zero-order chi connectivity index (χ0) is 24.6. The molecule has 1 unspecified atom stereocenters. The summed E-state index contributed by atoms with van der Waals surface area (Å²) in [5, 5.41) is 14.1. The van der Waals surface area contributed by atoms with Gasteiger partial charge in [-0.2, -0.15) is 0 Å². The first kappa shape index (κ1) is 24.4. The average molecular weight is 508 g/mol. The largest absolute Gasteiger partial charge is 0.377 e. The predicted octanol–water partition coefficient (Wildman–Crippen LogP) is 6.07. The van der Waals surface area contributed by atoms with Crippen LogP contribution in [-0.4, -0.2) is 26.2 Å². The molecule has 178 valence electrons. The van der Waals surface area contributed by atoms with Crippen molar-refractivity contribution in [3.63, 3.8) is 0 Å². The van der Waals surface area contributed by atoms with E-state index in [0.29, 0.717) is 46.3 Å². The number of aliphatic hydroxyl groups is 1. The number of amides is 1. The molecule has 5 nitrogen and oxygen atoms in total. The average Bonchev–Trinajstić information content (AvgIpc) is 3.32. The van der Waals surface area contributed by atoms with Crippen molar-refractivity contribution in [3.8, 4) is 0 Å². The molecule has 3 atom stereocenters. The van der Waals surface area contributed by atoms with Crippen LogP contribution >= 0.6 is 23.4 Å². The molecule has 2 aromatic carbocycles. The standard InChI is InChI=1S/C24H21ClF3N3O2S/c1-12-7-16(8-13(2)24(12,33)23-29-5-6-30-23)34-20-9-14(3-4-17(20)25)22(32)31-15-10-18(26)21(28)19(27)11-15/h3-6,9-11,13,16,33H,1,7-8H2,2H3,(H,29,30)(H,31,32)/t13?,16-,24-/m0/s1. The lowest BCUT2D eigenvalue weighted by Crippen LogP contribution is -2.42. The quantitative estimate of drug-likeness (QED) is 0.289. The third-order valence-electron chi connectivity index (χ3n) is 5.93. The Morgan fingerprint density at radius 2 is 2.00 bits per heavy atom. The number of aromatic amines is 1. The van der Waals surface area contributed by atoms with Gasteiger partial charge in [0.05, 0.1) is 5.02 Å². The topological polar surface area (TPSA) is 78.0 Å². The van der Waals surface area contributed by atoms with Gasteiger partial charge in [0.2, 0.25) is 0 Å². The summed E-state index contributed by atoms with van der Waals surface area (Å²) in [7, 11) is 0. The first-order valence-corrected chi connectivity index (χ1v) is 11.7. The van der Waals surface area contributed by atoms with E-state index in [2.05, 4.69) is 21.9 Å². The Balaban J connectivity index is 1.50. The van der Waals surface area contributed by atoms with Crippen LogP contribution in [0.25, 0.3) is 0 Å². The van der Waals surface area contributed by atoms with Crippen LogP contribution in [0.15, 0.2) is 59.8 Å². The number of aromatic nitrogens is 2. The predicted molar refractivity (Wildman–Crippen MR) is 125 cm³/mol. The van der Waals surface area contributed by atoms with Crippen molar-refractivity contribution in [2.24, 2.45) is 5.92 Å². The van der Waals surface area contributed by atoms with E-state index in [1.165, 1.54) is 17.8 Å². The molecule has 4 rings (SSSR count). The molecule has 34 heavy (non-hydrogen) atoms. The van der Waals surface area contributed by atoms with Gasteiger partial charge in [-0.15, -0.1) is 11.8 Å². The number of nitrogens with zero attached hydrogens (tertiary/aromatic N) is 1. The van der Waals surface area contributed by atoms with E-state index in [-0.39, 0.29) is 22.4 Å². The molecule has 0 saturated heterocycles. The smallest absolute Gasteiger partial charge is 0.255 e. The first-order valence-electron chi connectivity index (χ1n) is 10.4. The molecule has 3 aromatic rings. The summed E-state index contributed by atoms with van der Waals surface area (Å²) < 4.78 is 40.1. The number of nitrogens with one attached hydrogen (secondary N) is 2. The zero-order valence-electron chi connectivity index (χ0n) is 18.0. The summed E-state index contributed by atoms with van der Waals surface area (Å²) in [6.45, 7) is 6.02. The van der Waals surface area contributed by atoms with Crippen molar-refractivity contribution >= 4 is 35.0 Å². The number of rotatable bonds is 5. The van der Waals surface area contributed by atoms with Crippen LogP contribution in [0.3, 0.4) is 0 Å². The molecular formula is C24H21ClF3N3O2S. The second-order valence-electron chi connectivity index (χ2n) is 8.24. The maximum absolute atomic E-state index is 13.5. The Morgan fingerprint density at radius 1 is 1.29 bits per heavy atom. The lowest BCUT2D eigenvalue weighted by atomic mass is 9.72. The summed E-state index contributed by atoms with van der Waals surface area (Å²) in [6.07, 6.45) is 4.38. The molecule has 1 aromatic heterocycles. The van der Waals surface area contributed by atoms with Gasteiger partial charge >= 0.3 is 0 Å². The minimum absolute atomic E-state index is 0.0360. The summed E-state index contributed by atoms with van der Waals surface area (Å²) >= 11 is 7.83. The monoisotopic (exact) mass is 507 g/mol. The van der Waals surface area contributed by atoms with Gasteiger partial charge in [0.25, 0.3) is 5.91 Å². The van der Waals surface area contributed by atoms with Gasteiger partial charge in [-0.3, -0.25) is 4.79 Å². The van der Waals surface area contributed by atoms with Crippen LogP contribution in [0.2, 0.25) is 5.02 Å². The summed E-state index contributed by atoms with van der Waals surface area (Å²) in [4.78, 5) is 20.5. The Hall–Kier alpha value is -2.75. The van der Waals surface area contributed by atoms with Crippen LogP contribution in [0, 0.1) is 23.4 Å². The van der Waals surface area contributed by atoms with Gasteiger partial charge in [-0.25, -0.2) is 18.2 Å². The summed E-state index contributed by atoms with van der Waals surface area (Å²) in [5.41, 5.74) is -0.623. The fourth-order valence-electron chi connectivity index (χ4n) is 4.14. The van der Waals surface area contributed by atoms with Crippen LogP contribution in [0.1, 0.15) is 35.9 Å². The second-order valence-corrected chi connectivity index (χ2v) is 9.99. The van der Waals surface area contributed by atoms with E-state index in [1.807, 2.05) is 6.92 Å². The van der Waals surface area contributed by atoms with Crippen molar-refractivity contribution < 1.29 is 23.1 Å². The van der Waals surface area contributed by atoms with Gasteiger partial charge in [0, 0.05) is 45.9 Å². The van der Waals surface area contributed by atoms with E-state index in [0.717, 1.165) is 0 Å². The number of benzene rings is 2. The zero-order valence-corrected chi connectivity index (χ0v) is 19.6. The fourth-order valence-corrected chi connectivity index (χ4v) is 5.79. The minimum Gasteiger partial charge on any atom is -0.377 e. The van der Waals surface area contributed by atoms with Gasteiger partial charge in [-0.05, 0) is 42.5 Å². The van der Waals surface area contributed by atoms with Crippen molar-refractivity contribution in [2.45, 2.75) is 35.5 Å². The van der Waals surface area contributed by atoms with Crippen molar-refractivity contribution in [1.29, 1.82) is 0 Å². The molecule has 0 bridgehead atoms. The molecule has 1 fully saturated rings. The van der Waals surface area contributed by atoms with Crippen molar-refractivity contribution in [1.82, 2.24) is 9.97 Å². The van der Waals surface area contributed by atoms with Crippen LogP contribution in [0.4, 0.5) is 18.9 Å². The fraction of sp³-hybridized carbons (Fsp3) is 0.250. The maximum atomic E-state index is 13.5. The van der Waals surface area contributed by atoms with E-state index < -0.39 is 29.0 Å². The Morgan fingerprint density at radius 3 is 2.62 bits per heavy atom. The van der Waals surface area contributed by atoms with E-state index >= 15 is 0 Å². The molecule has 0 aliphatic heterocycles. The number of imidazole rings is 1. The summed E-state index contributed by atoms with van der Waals surface area (Å²) in [6, 6.07) is 6.04. The minimum atomic E-state index is -1.61. The highest BCUT2D eigenvalue weighted by atomic mass is 35.5. The van der Waals surface area contributed by atoms with Crippen LogP contribution in [0.5, 0.6) is 0 Å². The molecule has 10 heteroatoms. The van der Waals surface area contributed by atoms with E-state index in [1.54, 1.807) is 24.5 Å². The maximum Gasteiger partial charge on any atom is 0.255 e. The molecule has 1 aliphatic carbocycles. The molecule has 0 radical (unpaired) electrons. The number of hydrogen-bond acceptors (Lipinski definition) is 4. The number of thioether (sulfide) groups is 1. The number of carbonyl (C=O) groups excluding carboxylic acids is 1. The number of anilines is 1. The molecule has 1 saturated carbocycles. The number of hydrogen-bond donors (Lipinski definition) is 3. The first-order chi connectivity index (χ1) is 16.1. The van der Waals surface area contributed by atoms with Gasteiger partial charge < -0.3 is 15.4 Å². The highest BCUT2D eigenvalue weighted by molar-refractivity contribution is 8.00. The third-order valence-corrected chi connectivity index (χ3v) is 7.66. The van der Waals surface area contributed by atoms with Gasteiger partial charge in [0.1, 0.15) is 11.4 Å². The number of carbonyl (C=O) groups is 1. The normalized spacial score (nSPS) is 22.6. The molecule has 1 aliphatic rings. The highest BCUT2D eigenvalue weighted by Crippen LogP contribution is 2.48. The Bertz CT molecular complexity index is 1230.